The molecule has 0 aromatic carbocycles. The summed E-state index contributed by atoms with van der Waals surface area (Å²) in [6.45, 7) is 2.25. The van der Waals surface area contributed by atoms with E-state index in [1.165, 1.54) is 51.4 Å². The van der Waals surface area contributed by atoms with Gasteiger partial charge in [0.05, 0.1) is 0 Å². The summed E-state index contributed by atoms with van der Waals surface area (Å²) < 4.78 is 0. The Balaban J connectivity index is 2.00. The summed E-state index contributed by atoms with van der Waals surface area (Å²) in [6.07, 6.45) is 13.6. The second-order valence-electron chi connectivity index (χ2n) is 3.91. The summed E-state index contributed by atoms with van der Waals surface area (Å²) in [6, 6.07) is 0. The Labute approximate surface area is 87.2 Å². The number of unbranched alkanes of at least 4 members (excludes halogenated alkanes) is 2. The Morgan fingerprint density at radius 2 is 2.00 bits per heavy atom. The number of allylic oxidation sites excluding steroid dienone is 1. The van der Waals surface area contributed by atoms with Crippen LogP contribution in [0.15, 0.2) is 11.5 Å². The van der Waals surface area contributed by atoms with Gasteiger partial charge in [0.1, 0.15) is 0 Å². The van der Waals surface area contributed by atoms with Crippen molar-refractivity contribution in [2.45, 2.75) is 63.5 Å². The maximum atomic E-state index is 2.35. The molecule has 0 saturated heterocycles. The summed E-state index contributed by atoms with van der Waals surface area (Å²) >= 11 is 2.07. The highest BCUT2D eigenvalue weighted by Gasteiger charge is 2.11. The minimum Gasteiger partial charge on any atom is -0.131 e. The molecule has 0 nitrogen and oxygen atoms in total. The third-order valence-corrected chi connectivity index (χ3v) is 3.85. The molecule has 0 N–H and O–H groups in total. The van der Waals surface area contributed by atoms with Crippen LogP contribution in [-0.4, -0.2) is 5.25 Å². The van der Waals surface area contributed by atoms with Crippen molar-refractivity contribution in [3.05, 3.63) is 11.5 Å². The van der Waals surface area contributed by atoms with Gasteiger partial charge in [-0.2, -0.15) is 0 Å². The fourth-order valence-electron chi connectivity index (χ4n) is 1.76. The first-order chi connectivity index (χ1) is 6.43. The maximum Gasteiger partial charge on any atom is 0.00883 e. The van der Waals surface area contributed by atoms with Gasteiger partial charge >= 0.3 is 0 Å². The summed E-state index contributed by atoms with van der Waals surface area (Å²) in [5, 5.41) is 3.28. The molecule has 0 aromatic rings. The highest BCUT2D eigenvalue weighted by atomic mass is 32.2. The third kappa shape index (κ3) is 5.41. The standard InChI is InChI=1S/C12H22S/c1-2-3-4-8-11-13-12-9-6-5-7-10-12/h8,11-12H,2-7,9-10H2,1H3/b11-8-. The molecule has 0 radical (unpaired) electrons. The number of thioether (sulfide) groups is 1. The molecule has 0 bridgehead atoms. The first-order valence-corrected chi connectivity index (χ1v) is 6.68. The topological polar surface area (TPSA) is 0 Å². The normalized spacial score (nSPS) is 19.8. The molecule has 76 valence electrons. The van der Waals surface area contributed by atoms with E-state index in [9.17, 15) is 0 Å². The molecule has 1 rings (SSSR count). The van der Waals surface area contributed by atoms with Gasteiger partial charge in [-0.25, -0.2) is 0 Å². The minimum absolute atomic E-state index is 0.937. The summed E-state index contributed by atoms with van der Waals surface area (Å²) in [5.74, 6) is 0. The van der Waals surface area contributed by atoms with Gasteiger partial charge in [0.25, 0.3) is 0 Å². The van der Waals surface area contributed by atoms with Crippen LogP contribution in [0.4, 0.5) is 0 Å². The van der Waals surface area contributed by atoms with E-state index in [0.29, 0.717) is 0 Å². The maximum absolute atomic E-state index is 2.35. The van der Waals surface area contributed by atoms with Gasteiger partial charge in [-0.3, -0.25) is 0 Å². The molecule has 13 heavy (non-hydrogen) atoms. The van der Waals surface area contributed by atoms with Crippen LogP contribution in [0.1, 0.15) is 58.3 Å². The van der Waals surface area contributed by atoms with Gasteiger partial charge < -0.3 is 0 Å². The van der Waals surface area contributed by atoms with Gasteiger partial charge in [0, 0.05) is 5.25 Å². The Morgan fingerprint density at radius 1 is 1.23 bits per heavy atom. The molecule has 0 aromatic heterocycles. The van der Waals surface area contributed by atoms with Gasteiger partial charge in [0.15, 0.2) is 0 Å². The average molecular weight is 198 g/mol. The molecule has 1 saturated carbocycles. The molecular weight excluding hydrogens is 176 g/mol. The van der Waals surface area contributed by atoms with Gasteiger partial charge in [-0.05, 0) is 24.7 Å². The first kappa shape index (κ1) is 11.2. The van der Waals surface area contributed by atoms with Crippen molar-refractivity contribution in [3.8, 4) is 0 Å². The SMILES string of the molecule is CCCC/C=C\SC1CCCCC1. The zero-order chi connectivity index (χ0) is 9.36. The van der Waals surface area contributed by atoms with Crippen molar-refractivity contribution >= 4 is 11.8 Å². The molecule has 1 heteroatoms. The van der Waals surface area contributed by atoms with Crippen molar-refractivity contribution in [1.82, 2.24) is 0 Å². The Morgan fingerprint density at radius 3 is 2.69 bits per heavy atom. The summed E-state index contributed by atoms with van der Waals surface area (Å²) in [5.41, 5.74) is 0. The largest absolute Gasteiger partial charge is 0.131 e. The summed E-state index contributed by atoms with van der Waals surface area (Å²) in [7, 11) is 0. The Hall–Kier alpha value is 0.0900. The smallest absolute Gasteiger partial charge is 0.00883 e. The lowest BCUT2D eigenvalue weighted by Crippen LogP contribution is -2.06. The molecule has 0 aliphatic heterocycles. The molecule has 0 amide bonds. The second kappa shape index (κ2) is 7.49. The minimum atomic E-state index is 0.937. The van der Waals surface area contributed by atoms with Crippen LogP contribution < -0.4 is 0 Å². The zero-order valence-corrected chi connectivity index (χ0v) is 9.61. The lowest BCUT2D eigenvalue weighted by molar-refractivity contribution is 0.517. The highest BCUT2D eigenvalue weighted by molar-refractivity contribution is 8.02. The monoisotopic (exact) mass is 198 g/mol. The molecule has 0 spiro atoms. The molecule has 1 fully saturated rings. The van der Waals surface area contributed by atoms with Crippen molar-refractivity contribution in [2.75, 3.05) is 0 Å². The van der Waals surface area contributed by atoms with Crippen molar-refractivity contribution < 1.29 is 0 Å². The molecule has 0 heterocycles. The van der Waals surface area contributed by atoms with E-state index in [1.807, 2.05) is 0 Å². The number of hydrogen-bond donors (Lipinski definition) is 0. The van der Waals surface area contributed by atoms with E-state index in [4.69, 9.17) is 0 Å². The predicted molar refractivity (Wildman–Crippen MR) is 63.1 cm³/mol. The van der Waals surface area contributed by atoms with Crippen molar-refractivity contribution in [1.29, 1.82) is 0 Å². The van der Waals surface area contributed by atoms with Crippen molar-refractivity contribution in [3.63, 3.8) is 0 Å². The Bertz CT molecular complexity index is 134. The van der Waals surface area contributed by atoms with Crippen LogP contribution in [0.2, 0.25) is 0 Å². The van der Waals surface area contributed by atoms with Crippen LogP contribution in [-0.2, 0) is 0 Å². The van der Waals surface area contributed by atoms with Crippen LogP contribution in [0.25, 0.3) is 0 Å². The molecule has 1 aliphatic rings. The molecule has 0 unspecified atom stereocenters. The fraction of sp³-hybridized carbons (Fsp3) is 0.833. The van der Waals surface area contributed by atoms with E-state index in [2.05, 4.69) is 30.2 Å². The fourth-order valence-corrected chi connectivity index (χ4v) is 2.83. The second-order valence-corrected chi connectivity index (χ2v) is 5.12. The van der Waals surface area contributed by atoms with Crippen LogP contribution in [0.5, 0.6) is 0 Å². The van der Waals surface area contributed by atoms with E-state index < -0.39 is 0 Å². The molecular formula is C12H22S. The third-order valence-electron chi connectivity index (χ3n) is 2.64. The quantitative estimate of drug-likeness (QED) is 0.574. The van der Waals surface area contributed by atoms with Gasteiger partial charge in [-0.15, -0.1) is 11.8 Å². The average Bonchev–Trinajstić information content (AvgIpc) is 2.19. The van der Waals surface area contributed by atoms with Gasteiger partial charge in [0.2, 0.25) is 0 Å². The van der Waals surface area contributed by atoms with Gasteiger partial charge in [-0.1, -0.05) is 45.1 Å². The van der Waals surface area contributed by atoms with E-state index in [1.54, 1.807) is 0 Å². The first-order valence-electron chi connectivity index (χ1n) is 5.74. The highest BCUT2D eigenvalue weighted by Crippen LogP contribution is 2.28. The molecule has 0 atom stereocenters. The van der Waals surface area contributed by atoms with E-state index in [0.717, 1.165) is 5.25 Å². The van der Waals surface area contributed by atoms with E-state index in [-0.39, 0.29) is 0 Å². The summed E-state index contributed by atoms with van der Waals surface area (Å²) in [4.78, 5) is 0. The van der Waals surface area contributed by atoms with Crippen LogP contribution in [0, 0.1) is 0 Å². The molecule has 1 aliphatic carbocycles. The number of hydrogen-bond acceptors (Lipinski definition) is 1. The zero-order valence-electron chi connectivity index (χ0n) is 8.80. The predicted octanol–water partition coefficient (Wildman–Crippen LogP) is 4.76. The van der Waals surface area contributed by atoms with E-state index >= 15 is 0 Å². The van der Waals surface area contributed by atoms with Crippen molar-refractivity contribution in [2.24, 2.45) is 0 Å². The number of rotatable bonds is 5. The lowest BCUT2D eigenvalue weighted by atomic mass is 10.0. The Kier molecular flexibility index (Phi) is 6.43. The van der Waals surface area contributed by atoms with Crippen LogP contribution >= 0.6 is 11.8 Å². The lowest BCUT2D eigenvalue weighted by Gasteiger charge is -2.18. The van der Waals surface area contributed by atoms with Crippen LogP contribution in [0.3, 0.4) is 0 Å².